The highest BCUT2D eigenvalue weighted by atomic mass is 35.5. The van der Waals surface area contributed by atoms with E-state index < -0.39 is 28.6 Å². The van der Waals surface area contributed by atoms with Crippen molar-refractivity contribution in [3.63, 3.8) is 0 Å². The van der Waals surface area contributed by atoms with Crippen LogP contribution in [0.15, 0.2) is 42.5 Å². The molecule has 2 aliphatic heterocycles. The molecule has 10 nitrogen and oxygen atoms in total. The van der Waals surface area contributed by atoms with E-state index in [0.717, 1.165) is 4.90 Å². The molecule has 0 bridgehead atoms. The second-order valence-electron chi connectivity index (χ2n) is 9.00. The van der Waals surface area contributed by atoms with Crippen LogP contribution in [0.2, 0.25) is 20.1 Å². The number of amides is 3. The first-order chi connectivity index (χ1) is 18.9. The molecule has 0 aliphatic carbocycles. The van der Waals surface area contributed by atoms with Gasteiger partial charge in [0.25, 0.3) is 17.5 Å². The number of benzene rings is 3. The molecule has 2 heterocycles. The van der Waals surface area contributed by atoms with Crippen LogP contribution >= 0.6 is 46.4 Å². The Morgan fingerprint density at radius 3 is 2.02 bits per heavy atom. The Morgan fingerprint density at radius 1 is 0.925 bits per heavy atom. The van der Waals surface area contributed by atoms with Crippen molar-refractivity contribution in [2.45, 2.75) is 13.3 Å². The summed E-state index contributed by atoms with van der Waals surface area (Å²) in [5.41, 5.74) is 0.596. The molecule has 0 N–H and O–H groups in total. The number of hydrogen-bond acceptors (Lipinski definition) is 7. The molecule has 1 fully saturated rings. The Kier molecular flexibility index (Phi) is 7.22. The van der Waals surface area contributed by atoms with E-state index in [1.807, 2.05) is 0 Å². The fraction of sp³-hybridized carbons (Fsp3) is 0.154. The number of non-ortho nitro benzene ring substituents is 1. The number of nitrogens with zero attached hydrogens (tertiary/aromatic N) is 3. The number of ether oxygens (including phenoxy) is 1. The van der Waals surface area contributed by atoms with Crippen molar-refractivity contribution < 1.29 is 28.8 Å². The number of halogens is 4. The van der Waals surface area contributed by atoms with Gasteiger partial charge in [0.1, 0.15) is 5.75 Å². The summed E-state index contributed by atoms with van der Waals surface area (Å²) in [5.74, 6) is -3.12. The lowest BCUT2D eigenvalue weighted by molar-refractivity contribution is -0.384. The Labute approximate surface area is 246 Å². The van der Waals surface area contributed by atoms with Crippen LogP contribution in [0.4, 0.5) is 17.1 Å². The number of anilines is 2. The average molecular weight is 623 g/mol. The van der Waals surface area contributed by atoms with Crippen LogP contribution in [0.25, 0.3) is 0 Å². The first kappa shape index (κ1) is 27.9. The zero-order valence-corrected chi connectivity index (χ0v) is 23.3. The third kappa shape index (κ3) is 4.56. The van der Waals surface area contributed by atoms with E-state index in [1.54, 1.807) is 6.92 Å². The monoisotopic (exact) mass is 621 g/mol. The van der Waals surface area contributed by atoms with Gasteiger partial charge < -0.3 is 9.64 Å². The van der Waals surface area contributed by atoms with Crippen LogP contribution in [0.1, 0.15) is 32.7 Å². The minimum absolute atomic E-state index is 0.0359. The third-order valence-corrected chi connectivity index (χ3v) is 8.36. The van der Waals surface area contributed by atoms with Gasteiger partial charge >= 0.3 is 5.97 Å². The molecule has 2 aliphatic rings. The SMILES string of the molecule is Cc1cc(OC(=O)[C@@H]2CC(=O)N(c3ccc([N+](=O)[O-])cc3)C2)ccc1N1C(=O)c2c(Cl)c(Cl)c(Cl)c(Cl)c2C1=O. The molecule has 204 valence electrons. The van der Waals surface area contributed by atoms with Gasteiger partial charge in [-0.1, -0.05) is 46.4 Å². The van der Waals surface area contributed by atoms with Gasteiger partial charge in [-0.05, 0) is 42.8 Å². The van der Waals surface area contributed by atoms with Crippen molar-refractivity contribution in [3.05, 3.63) is 89.4 Å². The summed E-state index contributed by atoms with van der Waals surface area (Å²) in [5, 5.41) is 10.2. The van der Waals surface area contributed by atoms with Crippen LogP contribution in [0.5, 0.6) is 5.75 Å². The summed E-state index contributed by atoms with van der Waals surface area (Å²) in [6.07, 6.45) is -0.103. The number of carbonyl (C=O) groups is 4. The van der Waals surface area contributed by atoms with Gasteiger partial charge in [-0.15, -0.1) is 0 Å². The smallest absolute Gasteiger partial charge is 0.316 e. The van der Waals surface area contributed by atoms with Crippen molar-refractivity contribution in [2.75, 3.05) is 16.3 Å². The van der Waals surface area contributed by atoms with E-state index in [2.05, 4.69) is 0 Å². The minimum Gasteiger partial charge on any atom is -0.426 e. The second-order valence-corrected chi connectivity index (χ2v) is 10.5. The highest BCUT2D eigenvalue weighted by molar-refractivity contribution is 6.56. The Hall–Kier alpha value is -3.70. The number of nitro benzene ring substituents is 1. The van der Waals surface area contributed by atoms with Crippen LogP contribution in [0, 0.1) is 23.0 Å². The largest absolute Gasteiger partial charge is 0.426 e. The predicted molar refractivity (Wildman–Crippen MR) is 148 cm³/mol. The molecule has 1 atom stereocenters. The summed E-state index contributed by atoms with van der Waals surface area (Å²) >= 11 is 24.6. The Balaban J connectivity index is 1.32. The highest BCUT2D eigenvalue weighted by Crippen LogP contribution is 2.46. The number of esters is 1. The van der Waals surface area contributed by atoms with Gasteiger partial charge in [0, 0.05) is 30.8 Å². The lowest BCUT2D eigenvalue weighted by Crippen LogP contribution is -2.30. The summed E-state index contributed by atoms with van der Waals surface area (Å²) < 4.78 is 5.49. The Morgan fingerprint density at radius 2 is 1.50 bits per heavy atom. The molecule has 0 spiro atoms. The molecule has 0 unspecified atom stereocenters. The molecule has 3 aromatic rings. The number of carbonyl (C=O) groups excluding carboxylic acids is 4. The maximum Gasteiger partial charge on any atom is 0.316 e. The number of nitro groups is 1. The lowest BCUT2D eigenvalue weighted by Gasteiger charge is -2.18. The van der Waals surface area contributed by atoms with E-state index in [0.29, 0.717) is 11.3 Å². The molecular formula is C26H15Cl4N3O7. The summed E-state index contributed by atoms with van der Waals surface area (Å²) in [4.78, 5) is 64.3. The van der Waals surface area contributed by atoms with Gasteiger partial charge in [-0.25, -0.2) is 4.90 Å². The van der Waals surface area contributed by atoms with Crippen molar-refractivity contribution in [1.82, 2.24) is 0 Å². The average Bonchev–Trinajstić information content (AvgIpc) is 3.43. The number of imide groups is 1. The quantitative estimate of drug-likeness (QED) is 0.0623. The Bertz CT molecular complexity index is 1610. The van der Waals surface area contributed by atoms with E-state index in [1.165, 1.54) is 47.4 Å². The zero-order chi connectivity index (χ0) is 29.0. The molecule has 0 saturated carbocycles. The first-order valence-electron chi connectivity index (χ1n) is 11.5. The molecule has 0 aromatic heterocycles. The van der Waals surface area contributed by atoms with E-state index in [-0.39, 0.29) is 67.2 Å². The third-order valence-electron chi connectivity index (χ3n) is 6.56. The number of aryl methyl sites for hydroxylation is 1. The normalized spacial score (nSPS) is 16.5. The molecule has 40 heavy (non-hydrogen) atoms. The minimum atomic E-state index is -0.780. The van der Waals surface area contributed by atoms with Crippen LogP contribution in [-0.2, 0) is 9.59 Å². The summed E-state index contributed by atoms with van der Waals surface area (Å²) in [6, 6.07) is 9.72. The topological polar surface area (TPSA) is 127 Å². The second kappa shape index (κ2) is 10.4. The number of fused-ring (bicyclic) bond motifs is 1. The van der Waals surface area contributed by atoms with E-state index in [9.17, 15) is 29.3 Å². The molecule has 14 heteroatoms. The predicted octanol–water partition coefficient (Wildman–Crippen LogP) is 6.28. The number of rotatable bonds is 5. The van der Waals surface area contributed by atoms with Gasteiger partial charge in [0.15, 0.2) is 0 Å². The van der Waals surface area contributed by atoms with Crippen LogP contribution in [-0.4, -0.2) is 35.2 Å². The van der Waals surface area contributed by atoms with E-state index >= 15 is 0 Å². The van der Waals surface area contributed by atoms with Crippen molar-refractivity contribution >= 4 is 87.2 Å². The van der Waals surface area contributed by atoms with Crippen molar-refractivity contribution in [3.8, 4) is 5.75 Å². The maximum atomic E-state index is 13.2. The molecule has 1 saturated heterocycles. The van der Waals surface area contributed by atoms with Gasteiger partial charge in [0.2, 0.25) is 5.91 Å². The first-order valence-corrected chi connectivity index (χ1v) is 13.0. The van der Waals surface area contributed by atoms with Gasteiger partial charge in [-0.3, -0.25) is 29.3 Å². The molecule has 0 radical (unpaired) electrons. The van der Waals surface area contributed by atoms with Crippen molar-refractivity contribution in [1.29, 1.82) is 0 Å². The van der Waals surface area contributed by atoms with E-state index in [4.69, 9.17) is 51.1 Å². The van der Waals surface area contributed by atoms with Gasteiger partial charge in [-0.2, -0.15) is 0 Å². The maximum absolute atomic E-state index is 13.2. The standard InChI is InChI=1S/C26H15Cl4N3O7/c1-11-8-15(40-26(37)12-9-17(34)31(10-12)13-2-4-14(5-3-13)33(38)39)6-7-16(11)32-24(35)18-19(25(32)36)21(28)23(30)22(29)20(18)27/h2-8,12H,9-10H2,1H3/t12-/m1/s1. The van der Waals surface area contributed by atoms with Crippen molar-refractivity contribution in [2.24, 2.45) is 5.92 Å². The molecule has 5 rings (SSSR count). The molecular weight excluding hydrogens is 608 g/mol. The molecule has 3 amide bonds. The highest BCUT2D eigenvalue weighted by Gasteiger charge is 2.43. The molecule has 3 aromatic carbocycles. The lowest BCUT2D eigenvalue weighted by atomic mass is 10.1. The van der Waals surface area contributed by atoms with Gasteiger partial charge in [0.05, 0.1) is 47.7 Å². The summed E-state index contributed by atoms with van der Waals surface area (Å²) in [7, 11) is 0. The number of hydrogen-bond donors (Lipinski definition) is 0. The fourth-order valence-corrected chi connectivity index (χ4v) is 5.59. The summed E-state index contributed by atoms with van der Waals surface area (Å²) in [6.45, 7) is 1.64. The van der Waals surface area contributed by atoms with Crippen LogP contribution in [0.3, 0.4) is 0 Å². The fourth-order valence-electron chi connectivity index (χ4n) is 4.58. The zero-order valence-electron chi connectivity index (χ0n) is 20.2. The van der Waals surface area contributed by atoms with Crippen LogP contribution < -0.4 is 14.5 Å².